The lowest BCUT2D eigenvalue weighted by molar-refractivity contribution is -0.114. The van der Waals surface area contributed by atoms with Gasteiger partial charge < -0.3 is 9.84 Å². The van der Waals surface area contributed by atoms with Gasteiger partial charge in [0.2, 0.25) is 0 Å². The minimum absolute atomic E-state index is 0.0974. The Bertz CT molecular complexity index is 1140. The molecule has 4 rings (SSSR count). The van der Waals surface area contributed by atoms with Crippen LogP contribution in [0.1, 0.15) is 18.1 Å². The molecule has 1 N–H and O–H groups in total. The Kier molecular flexibility index (Phi) is 5.85. The van der Waals surface area contributed by atoms with Gasteiger partial charge in [-0.25, -0.2) is 0 Å². The number of benzene rings is 3. The Balaban J connectivity index is 1.83. The molecule has 0 unspecified atom stereocenters. The number of hydrogen-bond acceptors (Lipinski definition) is 4. The number of amides is 1. The summed E-state index contributed by atoms with van der Waals surface area (Å²) in [4.78, 5) is 13.3. The molecule has 0 radical (unpaired) electrons. The van der Waals surface area contributed by atoms with E-state index in [2.05, 4.69) is 27.7 Å². The van der Waals surface area contributed by atoms with Gasteiger partial charge in [-0.3, -0.25) is 4.79 Å². The third-order valence-electron chi connectivity index (χ3n) is 4.59. The van der Waals surface area contributed by atoms with Crippen LogP contribution in [-0.2, 0) is 4.79 Å². The number of ether oxygens (including phenoxy) is 1. The lowest BCUT2D eigenvalue weighted by Gasteiger charge is -2.11. The Morgan fingerprint density at radius 3 is 2.40 bits per heavy atom. The van der Waals surface area contributed by atoms with E-state index < -0.39 is 0 Å². The number of hydrogen-bond donors (Lipinski definition) is 1. The van der Waals surface area contributed by atoms with Gasteiger partial charge in [0.05, 0.1) is 21.4 Å². The standard InChI is InChI=1S/C24H19IN2O3/c1-2-30-21-15-16(14-20(25)23(21)28)13-19-22(17-9-5-3-6-10-17)26-27(24(19)29)18-11-7-4-8-12-18/h3-15,28H,2H2,1H3/b19-13-. The number of phenols is 1. The summed E-state index contributed by atoms with van der Waals surface area (Å²) in [5.41, 5.74) is 3.39. The summed E-state index contributed by atoms with van der Waals surface area (Å²) in [6, 6.07) is 22.5. The predicted octanol–water partition coefficient (Wildman–Crippen LogP) is 5.23. The van der Waals surface area contributed by atoms with Crippen molar-refractivity contribution in [2.45, 2.75) is 6.92 Å². The molecule has 0 spiro atoms. The number of halogens is 1. The summed E-state index contributed by atoms with van der Waals surface area (Å²) in [6.07, 6.45) is 1.79. The number of carbonyl (C=O) groups excluding carboxylic acids is 1. The van der Waals surface area contributed by atoms with E-state index >= 15 is 0 Å². The molecule has 1 aliphatic rings. The highest BCUT2D eigenvalue weighted by molar-refractivity contribution is 14.1. The lowest BCUT2D eigenvalue weighted by atomic mass is 10.00. The SMILES string of the molecule is CCOc1cc(/C=C2\C(=O)N(c3ccccc3)N=C2c2ccccc2)cc(I)c1O. The average Bonchev–Trinajstić information content (AvgIpc) is 3.09. The molecule has 1 aliphatic heterocycles. The van der Waals surface area contributed by atoms with Gasteiger partial charge in [0, 0.05) is 5.56 Å². The normalized spacial score (nSPS) is 14.9. The van der Waals surface area contributed by atoms with Crippen LogP contribution in [0.5, 0.6) is 11.5 Å². The molecule has 1 amide bonds. The maximum absolute atomic E-state index is 13.3. The van der Waals surface area contributed by atoms with Gasteiger partial charge >= 0.3 is 0 Å². The van der Waals surface area contributed by atoms with E-state index in [9.17, 15) is 9.90 Å². The molecule has 3 aromatic carbocycles. The summed E-state index contributed by atoms with van der Waals surface area (Å²) in [6.45, 7) is 2.29. The Hall–Kier alpha value is -3.13. The zero-order valence-corrected chi connectivity index (χ0v) is 18.4. The monoisotopic (exact) mass is 510 g/mol. The van der Waals surface area contributed by atoms with Crippen LogP contribution in [0.3, 0.4) is 0 Å². The maximum Gasteiger partial charge on any atom is 0.281 e. The van der Waals surface area contributed by atoms with Gasteiger partial charge in [0.1, 0.15) is 5.71 Å². The van der Waals surface area contributed by atoms with Crippen LogP contribution in [0.4, 0.5) is 5.69 Å². The molecular formula is C24H19IN2O3. The first-order valence-corrected chi connectivity index (χ1v) is 10.6. The first kappa shape index (κ1) is 20.2. The zero-order chi connectivity index (χ0) is 21.1. The summed E-state index contributed by atoms with van der Waals surface area (Å²) in [5.74, 6) is 0.279. The quantitative estimate of drug-likeness (QED) is 0.378. The van der Waals surface area contributed by atoms with Crippen molar-refractivity contribution in [3.8, 4) is 11.5 Å². The van der Waals surface area contributed by atoms with Gasteiger partial charge in [-0.1, -0.05) is 48.5 Å². The molecule has 0 aliphatic carbocycles. The van der Waals surface area contributed by atoms with Crippen LogP contribution in [-0.4, -0.2) is 23.3 Å². The second-order valence-electron chi connectivity index (χ2n) is 6.61. The van der Waals surface area contributed by atoms with E-state index in [0.717, 1.165) is 11.1 Å². The molecule has 5 nitrogen and oxygen atoms in total. The molecule has 30 heavy (non-hydrogen) atoms. The highest BCUT2D eigenvalue weighted by Crippen LogP contribution is 2.34. The molecule has 0 saturated heterocycles. The lowest BCUT2D eigenvalue weighted by Crippen LogP contribution is -2.21. The van der Waals surface area contributed by atoms with Crippen molar-refractivity contribution in [1.29, 1.82) is 0 Å². The third kappa shape index (κ3) is 3.95. The molecule has 0 aromatic heterocycles. The van der Waals surface area contributed by atoms with Crippen molar-refractivity contribution in [3.63, 3.8) is 0 Å². The largest absolute Gasteiger partial charge is 0.504 e. The van der Waals surface area contributed by atoms with Crippen molar-refractivity contribution >= 4 is 46.0 Å². The van der Waals surface area contributed by atoms with Crippen LogP contribution in [0.25, 0.3) is 6.08 Å². The molecule has 0 atom stereocenters. The van der Waals surface area contributed by atoms with Gasteiger partial charge in [-0.05, 0) is 65.4 Å². The zero-order valence-electron chi connectivity index (χ0n) is 16.2. The van der Waals surface area contributed by atoms with Crippen molar-refractivity contribution < 1.29 is 14.6 Å². The topological polar surface area (TPSA) is 62.1 Å². The number of phenolic OH excluding ortho intramolecular Hbond substituents is 1. The summed E-state index contributed by atoms with van der Waals surface area (Å²) >= 11 is 2.05. The molecule has 0 fully saturated rings. The van der Waals surface area contributed by atoms with Crippen LogP contribution in [0, 0.1) is 3.57 Å². The second kappa shape index (κ2) is 8.71. The van der Waals surface area contributed by atoms with E-state index in [0.29, 0.717) is 32.9 Å². The van der Waals surface area contributed by atoms with E-state index in [-0.39, 0.29) is 11.7 Å². The number of rotatable bonds is 5. The van der Waals surface area contributed by atoms with Crippen molar-refractivity contribution in [1.82, 2.24) is 0 Å². The molecule has 6 heteroatoms. The minimum atomic E-state index is -0.207. The molecular weight excluding hydrogens is 491 g/mol. The first-order valence-electron chi connectivity index (χ1n) is 9.49. The number of hydrazone groups is 1. The highest BCUT2D eigenvalue weighted by Gasteiger charge is 2.32. The molecule has 0 saturated carbocycles. The van der Waals surface area contributed by atoms with Crippen molar-refractivity contribution in [2.75, 3.05) is 11.6 Å². The third-order valence-corrected chi connectivity index (χ3v) is 5.41. The summed E-state index contributed by atoms with van der Waals surface area (Å²) in [5, 5.41) is 16.3. The fraction of sp³-hybridized carbons (Fsp3) is 0.0833. The number of para-hydroxylation sites is 1. The summed E-state index contributed by atoms with van der Waals surface area (Å²) < 4.78 is 6.19. The van der Waals surface area contributed by atoms with E-state index in [4.69, 9.17) is 4.74 Å². The number of aromatic hydroxyl groups is 1. The van der Waals surface area contributed by atoms with Gasteiger partial charge in [0.25, 0.3) is 5.91 Å². The van der Waals surface area contributed by atoms with Gasteiger partial charge in [0.15, 0.2) is 11.5 Å². The molecule has 150 valence electrons. The van der Waals surface area contributed by atoms with Crippen LogP contribution in [0.15, 0.2) is 83.5 Å². The molecule has 0 bridgehead atoms. The summed E-state index contributed by atoms with van der Waals surface area (Å²) in [7, 11) is 0. The van der Waals surface area contributed by atoms with Crippen LogP contribution >= 0.6 is 22.6 Å². The van der Waals surface area contributed by atoms with E-state index in [1.165, 1.54) is 5.01 Å². The second-order valence-corrected chi connectivity index (χ2v) is 7.77. The fourth-order valence-corrected chi connectivity index (χ4v) is 3.83. The van der Waals surface area contributed by atoms with E-state index in [1.807, 2.05) is 73.7 Å². The fourth-order valence-electron chi connectivity index (χ4n) is 3.21. The maximum atomic E-state index is 13.3. The smallest absolute Gasteiger partial charge is 0.281 e. The van der Waals surface area contributed by atoms with E-state index in [1.54, 1.807) is 12.1 Å². The van der Waals surface area contributed by atoms with Crippen LogP contribution < -0.4 is 9.75 Å². The Morgan fingerprint density at radius 2 is 1.73 bits per heavy atom. The van der Waals surface area contributed by atoms with Gasteiger partial charge in [-0.2, -0.15) is 10.1 Å². The van der Waals surface area contributed by atoms with Gasteiger partial charge in [-0.15, -0.1) is 0 Å². The minimum Gasteiger partial charge on any atom is -0.504 e. The van der Waals surface area contributed by atoms with Crippen LogP contribution in [0.2, 0.25) is 0 Å². The molecule has 1 heterocycles. The number of nitrogens with zero attached hydrogens (tertiary/aromatic N) is 2. The number of anilines is 1. The Labute approximate surface area is 188 Å². The number of carbonyl (C=O) groups is 1. The predicted molar refractivity (Wildman–Crippen MR) is 127 cm³/mol. The van der Waals surface area contributed by atoms with Crippen molar-refractivity contribution in [2.24, 2.45) is 5.10 Å². The average molecular weight is 510 g/mol. The van der Waals surface area contributed by atoms with Crippen molar-refractivity contribution in [3.05, 3.63) is 93.1 Å². The molecule has 3 aromatic rings. The highest BCUT2D eigenvalue weighted by atomic mass is 127. The first-order chi connectivity index (χ1) is 14.6. The Morgan fingerprint density at radius 1 is 1.07 bits per heavy atom.